The Labute approximate surface area is 303 Å². The highest BCUT2D eigenvalue weighted by atomic mass is 32.2. The first-order valence-corrected chi connectivity index (χ1v) is 17.6. The molecule has 4 rings (SSSR count). The zero-order valence-electron chi connectivity index (χ0n) is 28.1. The molecule has 0 spiro atoms. The number of carbonyl (C=O) groups is 4. The fraction of sp³-hybridized carbons (Fsp3) is 0.529. The molecular weight excluding hydrogens is 706 g/mol. The normalized spacial score (nSPS) is 30.1. The number of carbonyl (C=O) groups excluding carboxylic acids is 3. The Kier molecular flexibility index (Phi) is 15.3. The molecule has 17 nitrogen and oxygen atoms in total. The van der Waals surface area contributed by atoms with Gasteiger partial charge in [-0.15, -0.1) is 11.8 Å². The van der Waals surface area contributed by atoms with Crippen LogP contribution in [0.3, 0.4) is 0 Å². The number of hydrogen-bond donors (Lipinski definition) is 10. The van der Waals surface area contributed by atoms with Crippen molar-refractivity contribution in [3.05, 3.63) is 71.8 Å². The molecule has 2 heterocycles. The van der Waals surface area contributed by atoms with Gasteiger partial charge >= 0.3 is 5.97 Å². The van der Waals surface area contributed by atoms with Crippen molar-refractivity contribution in [2.24, 2.45) is 0 Å². The molecule has 0 radical (unpaired) electrons. The van der Waals surface area contributed by atoms with Crippen LogP contribution in [0.5, 0.6) is 0 Å². The number of nitrogens with one attached hydrogen (secondary N) is 3. The minimum Gasteiger partial charge on any atom is -0.480 e. The number of amides is 3. The van der Waals surface area contributed by atoms with Crippen LogP contribution in [-0.2, 0) is 46.2 Å². The molecule has 2 aliphatic heterocycles. The van der Waals surface area contributed by atoms with E-state index < -0.39 is 115 Å². The SMILES string of the molecule is CC(=O)N[C@@H]1[C@@H](O[C@@H]2O[C@H](CO)[C@@H](O)[C@H](O)[C@H]2O)[C@H](O)[C@@H](CO)O[C@@H]1SCC(=O)N[C@@H](Cc1ccccc1)C(=O)N[C@@H](Cc1ccccc1)C(=O)O. The predicted molar refractivity (Wildman–Crippen MR) is 182 cm³/mol. The molecule has 2 aromatic rings. The number of thioether (sulfide) groups is 1. The first-order chi connectivity index (χ1) is 24.8. The Morgan fingerprint density at radius 1 is 0.769 bits per heavy atom. The van der Waals surface area contributed by atoms with E-state index in [4.69, 9.17) is 14.2 Å². The smallest absolute Gasteiger partial charge is 0.326 e. The maximum Gasteiger partial charge on any atom is 0.326 e. The minimum atomic E-state index is -1.85. The fourth-order valence-electron chi connectivity index (χ4n) is 5.87. The summed E-state index contributed by atoms with van der Waals surface area (Å²) in [5.74, 6) is -3.70. The average molecular weight is 752 g/mol. The van der Waals surface area contributed by atoms with Crippen LogP contribution < -0.4 is 16.0 Å². The van der Waals surface area contributed by atoms with Gasteiger partial charge in [0.05, 0.1) is 25.0 Å². The molecule has 3 amide bonds. The summed E-state index contributed by atoms with van der Waals surface area (Å²) in [6.07, 6.45) is -12.8. The van der Waals surface area contributed by atoms with Crippen molar-refractivity contribution in [2.75, 3.05) is 19.0 Å². The van der Waals surface area contributed by atoms with E-state index in [9.17, 15) is 54.9 Å². The molecule has 2 aliphatic rings. The van der Waals surface area contributed by atoms with Gasteiger partial charge in [0.2, 0.25) is 17.7 Å². The maximum absolute atomic E-state index is 13.5. The summed E-state index contributed by atoms with van der Waals surface area (Å²) in [4.78, 5) is 51.3. The molecule has 2 aromatic carbocycles. The van der Waals surface area contributed by atoms with Crippen molar-refractivity contribution in [1.82, 2.24) is 16.0 Å². The molecule has 0 aromatic heterocycles. The minimum absolute atomic E-state index is 0.00242. The number of carboxylic acids is 1. The predicted octanol–water partition coefficient (Wildman–Crippen LogP) is -2.97. The zero-order valence-corrected chi connectivity index (χ0v) is 29.0. The van der Waals surface area contributed by atoms with Crippen molar-refractivity contribution in [3.63, 3.8) is 0 Å². The zero-order chi connectivity index (χ0) is 37.9. The molecule has 18 heteroatoms. The highest BCUT2D eigenvalue weighted by molar-refractivity contribution is 8.00. The monoisotopic (exact) mass is 751 g/mol. The summed E-state index contributed by atoms with van der Waals surface area (Å²) in [6, 6.07) is 13.7. The number of aliphatic carboxylic acids is 1. The summed E-state index contributed by atoms with van der Waals surface area (Å²) in [6.45, 7) is -0.325. The summed E-state index contributed by atoms with van der Waals surface area (Å²) >= 11 is 0.820. The maximum atomic E-state index is 13.5. The van der Waals surface area contributed by atoms with E-state index in [1.165, 1.54) is 6.92 Å². The van der Waals surface area contributed by atoms with E-state index in [-0.39, 0.29) is 12.8 Å². The molecule has 12 atom stereocenters. The first-order valence-electron chi connectivity index (χ1n) is 16.5. The Balaban J connectivity index is 1.50. The molecule has 0 aliphatic carbocycles. The van der Waals surface area contributed by atoms with Crippen LogP contribution in [0.2, 0.25) is 0 Å². The number of aliphatic hydroxyl groups is 6. The number of ether oxygens (including phenoxy) is 3. The lowest BCUT2D eigenvalue weighted by molar-refractivity contribution is -0.329. The quantitative estimate of drug-likeness (QED) is 0.0820. The van der Waals surface area contributed by atoms with Crippen LogP contribution in [-0.4, -0.2) is 151 Å². The third-order valence-electron chi connectivity index (χ3n) is 8.57. The number of aliphatic hydroxyl groups excluding tert-OH is 6. The Morgan fingerprint density at radius 3 is 1.87 bits per heavy atom. The Morgan fingerprint density at radius 2 is 1.33 bits per heavy atom. The highest BCUT2D eigenvalue weighted by Crippen LogP contribution is 2.33. The van der Waals surface area contributed by atoms with Crippen LogP contribution in [0.25, 0.3) is 0 Å². The van der Waals surface area contributed by atoms with Crippen LogP contribution >= 0.6 is 11.8 Å². The molecule has 0 saturated carbocycles. The second kappa shape index (κ2) is 19.4. The van der Waals surface area contributed by atoms with Gasteiger partial charge in [0.25, 0.3) is 0 Å². The van der Waals surface area contributed by atoms with Crippen molar-refractivity contribution in [2.45, 2.75) is 92.3 Å². The van der Waals surface area contributed by atoms with Gasteiger partial charge in [-0.05, 0) is 11.1 Å². The lowest BCUT2D eigenvalue weighted by Crippen LogP contribution is -2.67. The Hall–Kier alpha value is -3.69. The molecule has 2 fully saturated rings. The second-order valence-electron chi connectivity index (χ2n) is 12.5. The largest absolute Gasteiger partial charge is 0.480 e. The molecule has 10 N–H and O–H groups in total. The number of carboxylic acid groups (broad SMARTS) is 1. The molecule has 0 unspecified atom stereocenters. The van der Waals surface area contributed by atoms with Crippen molar-refractivity contribution >= 4 is 35.5 Å². The Bertz CT molecular complexity index is 1470. The topological polar surface area (TPSA) is 274 Å². The van der Waals surface area contributed by atoms with Gasteiger partial charge in [0.1, 0.15) is 60.2 Å². The van der Waals surface area contributed by atoms with Crippen molar-refractivity contribution in [1.29, 1.82) is 0 Å². The first kappa shape index (κ1) is 41.1. The average Bonchev–Trinajstić information content (AvgIpc) is 3.12. The summed E-state index contributed by atoms with van der Waals surface area (Å²) in [5.41, 5.74) is 0.171. The van der Waals surface area contributed by atoms with Crippen LogP contribution in [0.4, 0.5) is 0 Å². The van der Waals surface area contributed by atoms with E-state index in [0.29, 0.717) is 11.1 Å². The van der Waals surface area contributed by atoms with Gasteiger partial charge in [-0.2, -0.15) is 0 Å². The third-order valence-corrected chi connectivity index (χ3v) is 9.74. The molecule has 2 saturated heterocycles. The van der Waals surface area contributed by atoms with E-state index in [0.717, 1.165) is 11.8 Å². The second-order valence-corrected chi connectivity index (χ2v) is 13.5. The van der Waals surface area contributed by atoms with Crippen molar-refractivity contribution in [3.8, 4) is 0 Å². The van der Waals surface area contributed by atoms with E-state index in [1.807, 2.05) is 0 Å². The van der Waals surface area contributed by atoms with Crippen LogP contribution in [0.1, 0.15) is 18.1 Å². The summed E-state index contributed by atoms with van der Waals surface area (Å²) < 4.78 is 17.1. The van der Waals surface area contributed by atoms with Gasteiger partial charge < -0.3 is 65.9 Å². The highest BCUT2D eigenvalue weighted by Gasteiger charge is 2.51. The number of hydrogen-bond acceptors (Lipinski definition) is 14. The molecule has 52 heavy (non-hydrogen) atoms. The van der Waals surface area contributed by atoms with Gasteiger partial charge in [-0.1, -0.05) is 60.7 Å². The van der Waals surface area contributed by atoms with Gasteiger partial charge in [0.15, 0.2) is 6.29 Å². The van der Waals surface area contributed by atoms with Gasteiger partial charge in [-0.3, -0.25) is 14.4 Å². The van der Waals surface area contributed by atoms with Gasteiger partial charge in [0, 0.05) is 19.8 Å². The lowest BCUT2D eigenvalue weighted by atomic mass is 9.96. The van der Waals surface area contributed by atoms with E-state index in [2.05, 4.69) is 16.0 Å². The molecule has 0 bridgehead atoms. The molecular formula is C34H45N3O14S. The van der Waals surface area contributed by atoms with Crippen LogP contribution in [0, 0.1) is 0 Å². The number of rotatable bonds is 16. The van der Waals surface area contributed by atoms with E-state index in [1.54, 1.807) is 60.7 Å². The summed E-state index contributed by atoms with van der Waals surface area (Å²) in [7, 11) is 0. The van der Waals surface area contributed by atoms with Gasteiger partial charge in [-0.25, -0.2) is 4.79 Å². The standard InChI is InChI=1S/C34H45N3O14S/c1-17(40)35-25-30(51-33-29(45)28(44)26(42)22(14-38)49-33)27(43)23(15-39)50-34(25)52-16-24(41)36-20(12-18-8-4-2-5-9-18)31(46)37-21(32(47)48)13-19-10-6-3-7-11-19/h2-11,20-23,25-30,33-34,38-39,42-45H,12-16H2,1H3,(H,35,40)(H,36,41)(H,37,46)(H,47,48)/t20-,21-,22+,23+,25+,26+,27+,28-,29+,30+,33-,34+/m0/s1. The molecule has 286 valence electrons. The summed E-state index contributed by atoms with van der Waals surface area (Å²) in [5, 5.41) is 79.2. The van der Waals surface area contributed by atoms with Crippen LogP contribution in [0.15, 0.2) is 60.7 Å². The number of benzene rings is 2. The van der Waals surface area contributed by atoms with E-state index >= 15 is 0 Å². The fourth-order valence-corrected chi connectivity index (χ4v) is 6.92. The lowest BCUT2D eigenvalue weighted by Gasteiger charge is -2.47. The van der Waals surface area contributed by atoms with Crippen molar-refractivity contribution < 1.29 is 69.1 Å². The third kappa shape index (κ3) is 10.9.